The van der Waals surface area contributed by atoms with E-state index in [0.29, 0.717) is 66.0 Å². The van der Waals surface area contributed by atoms with E-state index in [0.717, 1.165) is 11.4 Å². The average molecular weight is 699 g/mol. The second kappa shape index (κ2) is 13.3. The number of halogens is 3. The summed E-state index contributed by atoms with van der Waals surface area (Å²) in [7, 11) is 1.64. The number of nitrogens with zero attached hydrogens (tertiary/aromatic N) is 8. The summed E-state index contributed by atoms with van der Waals surface area (Å²) >= 11 is 0. The minimum atomic E-state index is -4.86. The number of nitrogens with one attached hydrogen (secondary N) is 2. The van der Waals surface area contributed by atoms with Crippen LogP contribution in [-0.2, 0) is 4.79 Å². The number of pyridine rings is 1. The second-order valence-electron chi connectivity index (χ2n) is 12.1. The number of para-hydroxylation sites is 1. The fraction of sp³-hybridized carbons (Fsp3) is 0.257. The SMILES string of the molecule is CC(=O)N1CCN(c2ccc(NC3c4cncnc4N(C)C(=O)N3c3cc(-c4ncc(-c5ccccc5OC(F)(F)F)[nH]4)ccc3C)cn2)CC1. The van der Waals surface area contributed by atoms with E-state index in [1.165, 1.54) is 35.6 Å². The Labute approximate surface area is 290 Å². The number of hydrogen-bond acceptors (Lipinski definition) is 9. The third-order valence-corrected chi connectivity index (χ3v) is 8.90. The van der Waals surface area contributed by atoms with E-state index in [2.05, 4.69) is 39.9 Å². The molecule has 1 atom stereocenters. The topological polar surface area (TPSA) is 136 Å². The summed E-state index contributed by atoms with van der Waals surface area (Å²) in [6, 6.07) is 14.7. The number of urea groups is 1. The van der Waals surface area contributed by atoms with Gasteiger partial charge >= 0.3 is 12.4 Å². The number of aromatic nitrogens is 5. The molecule has 16 heteroatoms. The zero-order valence-corrected chi connectivity index (χ0v) is 27.8. The van der Waals surface area contributed by atoms with Crippen LogP contribution in [0.1, 0.15) is 24.2 Å². The second-order valence-corrected chi connectivity index (χ2v) is 12.1. The van der Waals surface area contributed by atoms with E-state index in [1.54, 1.807) is 43.4 Å². The lowest BCUT2D eigenvalue weighted by molar-refractivity contribution is -0.274. The van der Waals surface area contributed by atoms with E-state index in [4.69, 9.17) is 0 Å². The highest BCUT2D eigenvalue weighted by atomic mass is 19.4. The third kappa shape index (κ3) is 6.71. The molecule has 1 unspecified atom stereocenters. The molecule has 0 aliphatic carbocycles. The molecule has 0 saturated carbocycles. The van der Waals surface area contributed by atoms with Crippen LogP contribution in [0, 0.1) is 6.92 Å². The highest BCUT2D eigenvalue weighted by Crippen LogP contribution is 2.41. The van der Waals surface area contributed by atoms with Crippen LogP contribution in [0.3, 0.4) is 0 Å². The molecule has 0 bridgehead atoms. The van der Waals surface area contributed by atoms with Gasteiger partial charge in [0, 0.05) is 57.5 Å². The summed E-state index contributed by atoms with van der Waals surface area (Å²) in [4.78, 5) is 53.8. The van der Waals surface area contributed by atoms with Crippen molar-refractivity contribution in [3.05, 3.63) is 90.6 Å². The maximum atomic E-state index is 14.1. The first-order valence-corrected chi connectivity index (χ1v) is 16.1. The van der Waals surface area contributed by atoms with Gasteiger partial charge in [-0.2, -0.15) is 0 Å². The van der Waals surface area contributed by atoms with Crippen molar-refractivity contribution in [2.45, 2.75) is 26.4 Å². The number of aryl methyl sites for hydroxylation is 1. The summed E-state index contributed by atoms with van der Waals surface area (Å²) < 4.78 is 43.6. The van der Waals surface area contributed by atoms with Crippen LogP contribution in [0.5, 0.6) is 5.75 Å². The first-order chi connectivity index (χ1) is 24.5. The Hall–Kier alpha value is -6.19. The molecule has 5 aromatic rings. The number of carbonyl (C=O) groups excluding carboxylic acids is 2. The fourth-order valence-electron chi connectivity index (χ4n) is 6.28. The van der Waals surface area contributed by atoms with E-state index < -0.39 is 12.5 Å². The van der Waals surface area contributed by atoms with Gasteiger partial charge in [0.2, 0.25) is 5.91 Å². The summed E-state index contributed by atoms with van der Waals surface area (Å²) in [5.41, 5.74) is 3.74. The van der Waals surface area contributed by atoms with Crippen molar-refractivity contribution in [3.63, 3.8) is 0 Å². The molecule has 1 saturated heterocycles. The summed E-state index contributed by atoms with van der Waals surface area (Å²) in [5, 5.41) is 3.46. The van der Waals surface area contributed by atoms with Crippen molar-refractivity contribution in [1.82, 2.24) is 29.8 Å². The number of H-pyrrole nitrogens is 1. The molecular weight excluding hydrogens is 665 g/mol. The molecule has 0 spiro atoms. The largest absolute Gasteiger partial charge is 0.573 e. The molecule has 51 heavy (non-hydrogen) atoms. The van der Waals surface area contributed by atoms with E-state index >= 15 is 0 Å². The zero-order chi connectivity index (χ0) is 35.9. The molecular formula is C35H33F3N10O3. The Morgan fingerprint density at radius 3 is 2.49 bits per heavy atom. The predicted molar refractivity (Wildman–Crippen MR) is 184 cm³/mol. The lowest BCUT2D eigenvalue weighted by atomic mass is 10.0. The number of benzene rings is 2. The highest BCUT2D eigenvalue weighted by molar-refractivity contribution is 6.07. The van der Waals surface area contributed by atoms with Gasteiger partial charge in [0.1, 0.15) is 35.7 Å². The smallest absolute Gasteiger partial charge is 0.405 e. The number of fused-ring (bicyclic) bond motifs is 1. The number of amides is 3. The Balaban J connectivity index is 1.20. The maximum Gasteiger partial charge on any atom is 0.573 e. The van der Waals surface area contributed by atoms with E-state index in [-0.39, 0.29) is 23.3 Å². The number of carbonyl (C=O) groups is 2. The molecule has 1 fully saturated rings. The van der Waals surface area contributed by atoms with Crippen molar-refractivity contribution in [1.29, 1.82) is 0 Å². The number of hydrogen-bond donors (Lipinski definition) is 2. The first kappa shape index (κ1) is 33.3. The molecule has 3 amide bonds. The normalized spacial score (nSPS) is 16.3. The van der Waals surface area contributed by atoms with E-state index in [1.807, 2.05) is 36.1 Å². The number of ether oxygens (including phenoxy) is 1. The molecule has 2 aromatic carbocycles. The predicted octanol–water partition coefficient (Wildman–Crippen LogP) is 5.99. The minimum absolute atomic E-state index is 0.0547. The molecule has 13 nitrogen and oxygen atoms in total. The van der Waals surface area contributed by atoms with Gasteiger partial charge in [-0.15, -0.1) is 13.2 Å². The van der Waals surface area contributed by atoms with Crippen LogP contribution in [0.2, 0.25) is 0 Å². The lowest BCUT2D eigenvalue weighted by Crippen LogP contribution is -2.51. The van der Waals surface area contributed by atoms with Gasteiger partial charge in [-0.3, -0.25) is 14.6 Å². The Morgan fingerprint density at radius 1 is 0.980 bits per heavy atom. The Kier molecular flexibility index (Phi) is 8.66. The number of piperazine rings is 1. The molecule has 2 N–H and O–H groups in total. The third-order valence-electron chi connectivity index (χ3n) is 8.90. The molecule has 3 aromatic heterocycles. The fourth-order valence-corrected chi connectivity index (χ4v) is 6.28. The van der Waals surface area contributed by atoms with Crippen LogP contribution in [0.15, 0.2) is 79.5 Å². The first-order valence-electron chi connectivity index (χ1n) is 16.1. The number of imidazole rings is 1. The van der Waals surface area contributed by atoms with Gasteiger partial charge in [-0.05, 0) is 42.8 Å². The monoisotopic (exact) mass is 698 g/mol. The van der Waals surface area contributed by atoms with Gasteiger partial charge in [-0.1, -0.05) is 24.3 Å². The van der Waals surface area contributed by atoms with Gasteiger partial charge in [0.15, 0.2) is 0 Å². The number of aromatic amines is 1. The highest BCUT2D eigenvalue weighted by Gasteiger charge is 2.39. The van der Waals surface area contributed by atoms with Gasteiger partial charge < -0.3 is 24.8 Å². The van der Waals surface area contributed by atoms with Crippen molar-refractivity contribution in [2.24, 2.45) is 0 Å². The van der Waals surface area contributed by atoms with Gasteiger partial charge in [0.05, 0.1) is 35.0 Å². The van der Waals surface area contributed by atoms with Crippen LogP contribution >= 0.6 is 0 Å². The summed E-state index contributed by atoms with van der Waals surface area (Å²) in [6.45, 7) is 6.03. The maximum absolute atomic E-state index is 14.1. The minimum Gasteiger partial charge on any atom is -0.405 e. The Morgan fingerprint density at radius 2 is 1.76 bits per heavy atom. The Bertz CT molecular complexity index is 2080. The van der Waals surface area contributed by atoms with Crippen molar-refractivity contribution < 1.29 is 27.5 Å². The number of alkyl halides is 3. The average Bonchev–Trinajstić information content (AvgIpc) is 3.61. The van der Waals surface area contributed by atoms with Crippen LogP contribution in [0.25, 0.3) is 22.6 Å². The van der Waals surface area contributed by atoms with Crippen LogP contribution < -0.4 is 24.8 Å². The quantitative estimate of drug-likeness (QED) is 0.210. The molecule has 2 aliphatic heterocycles. The van der Waals surface area contributed by atoms with Crippen molar-refractivity contribution >= 4 is 34.9 Å². The lowest BCUT2D eigenvalue weighted by Gasteiger charge is -2.41. The molecule has 0 radical (unpaired) electrons. The van der Waals surface area contributed by atoms with Gasteiger partial charge in [0.25, 0.3) is 0 Å². The number of anilines is 4. The molecule has 5 heterocycles. The van der Waals surface area contributed by atoms with Crippen molar-refractivity contribution in [2.75, 3.05) is 53.2 Å². The standard InChI is InChI=1S/C35H33F3N10O3/c1-21-8-9-23(31-41-19-27(44-31)25-6-4-5-7-29(25)51-35(36,37)38)16-28(21)48-33(26-18-39-20-42-32(26)45(3)34(48)50)43-24-10-11-30(40-17-24)47-14-12-46(13-15-47)22(2)49/h4-11,16-20,33,43H,12-15H2,1-3H3,(H,41,44). The summed E-state index contributed by atoms with van der Waals surface area (Å²) in [5.74, 6) is 1.29. The molecule has 262 valence electrons. The summed E-state index contributed by atoms with van der Waals surface area (Å²) in [6.07, 6.45) is 0.568. The molecule has 2 aliphatic rings. The molecule has 7 rings (SSSR count). The van der Waals surface area contributed by atoms with Crippen molar-refractivity contribution in [3.8, 4) is 28.4 Å². The van der Waals surface area contributed by atoms with E-state index in [9.17, 15) is 22.8 Å². The van der Waals surface area contributed by atoms with Crippen LogP contribution in [0.4, 0.5) is 41.0 Å². The zero-order valence-electron chi connectivity index (χ0n) is 27.8. The van der Waals surface area contributed by atoms with Crippen LogP contribution in [-0.4, -0.2) is 81.3 Å². The number of rotatable bonds is 7. The van der Waals surface area contributed by atoms with Gasteiger partial charge in [-0.25, -0.2) is 24.7 Å².